The van der Waals surface area contributed by atoms with Crippen LogP contribution in [0.3, 0.4) is 0 Å². The second-order valence-electron chi connectivity index (χ2n) is 5.53. The first-order valence-corrected chi connectivity index (χ1v) is 9.37. The van der Waals surface area contributed by atoms with Gasteiger partial charge in [-0.05, 0) is 24.7 Å². The minimum atomic E-state index is -3.47. The number of likely N-dealkylation sites (N-methyl/N-ethyl adjacent to an activating group) is 1. The molecule has 1 aromatic carbocycles. The average Bonchev–Trinajstić information content (AvgIpc) is 3.00. The molecule has 2 aromatic rings. The monoisotopic (exact) mass is 365 g/mol. The number of benzene rings is 1. The first kappa shape index (κ1) is 19.1. The summed E-state index contributed by atoms with van der Waals surface area (Å²) in [6.07, 6.45) is 3.42. The van der Waals surface area contributed by atoms with Gasteiger partial charge < -0.3 is 10.6 Å². The third-order valence-corrected chi connectivity index (χ3v) is 5.21. The predicted octanol–water partition coefficient (Wildman–Crippen LogP) is 0.295. The molecular weight excluding hydrogens is 342 g/mol. The molecule has 0 fully saturated rings. The molecule has 25 heavy (non-hydrogen) atoms. The summed E-state index contributed by atoms with van der Waals surface area (Å²) in [4.78, 5) is 12.6. The van der Waals surface area contributed by atoms with Gasteiger partial charge in [0, 0.05) is 31.9 Å². The van der Waals surface area contributed by atoms with Crippen molar-refractivity contribution >= 4 is 15.9 Å². The lowest BCUT2D eigenvalue weighted by Crippen LogP contribution is -2.35. The van der Waals surface area contributed by atoms with E-state index in [9.17, 15) is 13.2 Å². The normalized spacial score (nSPS) is 12.8. The molecule has 0 aliphatic rings. The van der Waals surface area contributed by atoms with Crippen LogP contribution in [0.2, 0.25) is 0 Å². The van der Waals surface area contributed by atoms with Crippen LogP contribution in [-0.2, 0) is 28.4 Å². The Morgan fingerprint density at radius 3 is 2.48 bits per heavy atom. The number of carbonyl (C=O) groups excluding carboxylic acids is 1. The second kappa shape index (κ2) is 8.24. The van der Waals surface area contributed by atoms with Crippen LogP contribution in [-0.4, -0.2) is 37.7 Å². The molecular formula is C16H23N5O3S. The van der Waals surface area contributed by atoms with Crippen molar-refractivity contribution in [1.82, 2.24) is 25.1 Å². The van der Waals surface area contributed by atoms with Crippen molar-refractivity contribution in [2.75, 3.05) is 13.6 Å². The number of sulfonamides is 1. The molecule has 0 spiro atoms. The molecule has 0 aliphatic heterocycles. The fraction of sp³-hybridized carbons (Fsp3) is 0.375. The highest BCUT2D eigenvalue weighted by Gasteiger charge is 2.19. The van der Waals surface area contributed by atoms with E-state index in [1.165, 1.54) is 12.1 Å². The van der Waals surface area contributed by atoms with Crippen LogP contribution in [0, 0.1) is 0 Å². The molecule has 9 heteroatoms. The zero-order chi connectivity index (χ0) is 18.4. The zero-order valence-corrected chi connectivity index (χ0v) is 15.3. The van der Waals surface area contributed by atoms with Crippen molar-refractivity contribution < 1.29 is 13.2 Å². The molecule has 8 nitrogen and oxygen atoms in total. The number of carbonyl (C=O) groups is 1. The molecule has 0 saturated carbocycles. The molecule has 1 amide bonds. The molecule has 1 atom stereocenters. The maximum absolute atomic E-state index is 12.4. The van der Waals surface area contributed by atoms with Gasteiger partial charge in [0.2, 0.25) is 15.9 Å². The Morgan fingerprint density at radius 1 is 1.28 bits per heavy atom. The lowest BCUT2D eigenvalue weighted by Gasteiger charge is -2.14. The Hall–Kier alpha value is -2.23. The summed E-state index contributed by atoms with van der Waals surface area (Å²) in [5, 5.41) is 9.86. The summed E-state index contributed by atoms with van der Waals surface area (Å²) in [6, 6.07) is 5.92. The van der Waals surface area contributed by atoms with Gasteiger partial charge in [-0.25, -0.2) is 13.1 Å². The maximum Gasteiger partial charge on any atom is 0.242 e. The van der Waals surface area contributed by atoms with Gasteiger partial charge in [-0.15, -0.1) is 0 Å². The van der Waals surface area contributed by atoms with E-state index in [1.54, 1.807) is 50.2 Å². The highest BCUT2D eigenvalue weighted by molar-refractivity contribution is 7.89. The number of amides is 1. The zero-order valence-electron chi connectivity index (χ0n) is 14.5. The van der Waals surface area contributed by atoms with Crippen molar-refractivity contribution in [3.63, 3.8) is 0 Å². The number of nitrogens with zero attached hydrogens (tertiary/aromatic N) is 2. The molecule has 1 unspecified atom stereocenters. The number of nitrogens with one attached hydrogen (secondary N) is 3. The van der Waals surface area contributed by atoms with E-state index >= 15 is 0 Å². The van der Waals surface area contributed by atoms with Gasteiger partial charge in [-0.3, -0.25) is 9.48 Å². The summed E-state index contributed by atoms with van der Waals surface area (Å²) >= 11 is 0. The quantitative estimate of drug-likeness (QED) is 0.624. The molecule has 0 aliphatic carbocycles. The lowest BCUT2D eigenvalue weighted by atomic mass is 10.1. The Bertz CT molecular complexity index is 815. The van der Waals surface area contributed by atoms with Gasteiger partial charge in [-0.2, -0.15) is 5.10 Å². The van der Waals surface area contributed by atoms with Gasteiger partial charge in [-0.1, -0.05) is 19.1 Å². The molecule has 0 bridgehead atoms. The average molecular weight is 365 g/mol. The van der Waals surface area contributed by atoms with Crippen LogP contribution >= 0.6 is 0 Å². The largest absolute Gasteiger partial charge is 0.350 e. The lowest BCUT2D eigenvalue weighted by molar-refractivity contribution is -0.123. The van der Waals surface area contributed by atoms with Crippen molar-refractivity contribution in [3.05, 3.63) is 47.8 Å². The van der Waals surface area contributed by atoms with Crippen LogP contribution in [0.1, 0.15) is 24.1 Å². The number of hydrogen-bond acceptors (Lipinski definition) is 5. The van der Waals surface area contributed by atoms with Crippen molar-refractivity contribution in [2.45, 2.75) is 24.4 Å². The van der Waals surface area contributed by atoms with Crippen molar-refractivity contribution in [1.29, 1.82) is 0 Å². The number of hydrogen-bond donors (Lipinski definition) is 3. The summed E-state index contributed by atoms with van der Waals surface area (Å²) in [7, 11) is 0.0287. The summed E-state index contributed by atoms with van der Waals surface area (Å²) < 4.78 is 27.9. The van der Waals surface area contributed by atoms with Gasteiger partial charge in [0.15, 0.2) is 0 Å². The number of rotatable bonds is 8. The summed E-state index contributed by atoms with van der Waals surface area (Å²) in [5.41, 5.74) is 1.58. The minimum Gasteiger partial charge on any atom is -0.350 e. The molecule has 0 radical (unpaired) electrons. The second-order valence-corrected chi connectivity index (χ2v) is 7.30. The van der Waals surface area contributed by atoms with Gasteiger partial charge in [0.25, 0.3) is 0 Å². The van der Waals surface area contributed by atoms with E-state index in [4.69, 9.17) is 0 Å². The molecule has 3 N–H and O–H groups in total. The number of aryl methyl sites for hydroxylation is 1. The van der Waals surface area contributed by atoms with E-state index in [2.05, 4.69) is 20.5 Å². The topological polar surface area (TPSA) is 105 Å². The van der Waals surface area contributed by atoms with Crippen LogP contribution in [0.4, 0.5) is 0 Å². The standard InChI is InChI=1S/C16H23N5O3S/c1-4-20-25(23,24)14-7-5-12(6-8-14)9-18-16(22)15(17-2)13-10-19-21(3)11-13/h5-8,10-11,15,17,20H,4,9H2,1-3H3,(H,18,22). The van der Waals surface area contributed by atoms with Gasteiger partial charge in [0.05, 0.1) is 11.1 Å². The summed E-state index contributed by atoms with van der Waals surface area (Å²) in [6.45, 7) is 2.36. The van der Waals surface area contributed by atoms with Crippen LogP contribution in [0.15, 0.2) is 41.6 Å². The van der Waals surface area contributed by atoms with Crippen molar-refractivity contribution in [3.8, 4) is 0 Å². The van der Waals surface area contributed by atoms with E-state index in [0.29, 0.717) is 13.1 Å². The SMILES string of the molecule is CCNS(=O)(=O)c1ccc(CNC(=O)C(NC)c2cnn(C)c2)cc1. The third kappa shape index (κ3) is 4.88. The van der Waals surface area contributed by atoms with Gasteiger partial charge in [0.1, 0.15) is 6.04 Å². The molecule has 1 aromatic heterocycles. The highest BCUT2D eigenvalue weighted by Crippen LogP contribution is 2.13. The Balaban J connectivity index is 1.99. The molecule has 1 heterocycles. The highest BCUT2D eigenvalue weighted by atomic mass is 32.2. The van der Waals surface area contributed by atoms with Crippen molar-refractivity contribution in [2.24, 2.45) is 7.05 Å². The predicted molar refractivity (Wildman–Crippen MR) is 94.2 cm³/mol. The maximum atomic E-state index is 12.4. The summed E-state index contributed by atoms with van der Waals surface area (Å²) in [5.74, 6) is -0.181. The Kier molecular flexibility index (Phi) is 6.29. The minimum absolute atomic E-state index is 0.181. The molecule has 0 saturated heterocycles. The van der Waals surface area contributed by atoms with Crippen LogP contribution < -0.4 is 15.4 Å². The van der Waals surface area contributed by atoms with E-state index in [0.717, 1.165) is 11.1 Å². The molecule has 2 rings (SSSR count). The fourth-order valence-corrected chi connectivity index (χ4v) is 3.43. The van der Waals surface area contributed by atoms with Crippen LogP contribution in [0.5, 0.6) is 0 Å². The Morgan fingerprint density at radius 2 is 1.96 bits per heavy atom. The van der Waals surface area contributed by atoms with Gasteiger partial charge >= 0.3 is 0 Å². The third-order valence-electron chi connectivity index (χ3n) is 3.64. The smallest absolute Gasteiger partial charge is 0.242 e. The van der Waals surface area contributed by atoms with E-state index < -0.39 is 16.1 Å². The van der Waals surface area contributed by atoms with E-state index in [1.807, 2.05) is 0 Å². The first-order chi connectivity index (χ1) is 11.9. The first-order valence-electron chi connectivity index (χ1n) is 7.89. The van der Waals surface area contributed by atoms with Crippen LogP contribution in [0.25, 0.3) is 0 Å². The van der Waals surface area contributed by atoms with E-state index in [-0.39, 0.29) is 10.8 Å². The Labute approximate surface area is 147 Å². The fourth-order valence-electron chi connectivity index (χ4n) is 2.39. The molecule has 136 valence electrons. The number of aromatic nitrogens is 2.